The maximum atomic E-state index is 12.0. The molecule has 0 aliphatic carbocycles. The van der Waals surface area contributed by atoms with Crippen LogP contribution in [0.25, 0.3) is 0 Å². The Morgan fingerprint density at radius 1 is 1.29 bits per heavy atom. The first-order valence-corrected chi connectivity index (χ1v) is 8.20. The Bertz CT molecular complexity index is 759. The van der Waals surface area contributed by atoms with Crippen molar-refractivity contribution in [1.29, 1.82) is 0 Å². The molecule has 24 heavy (non-hydrogen) atoms. The normalized spacial score (nSPS) is 12.5. The van der Waals surface area contributed by atoms with Gasteiger partial charge in [-0.1, -0.05) is 17.4 Å². The molecule has 126 valence electrons. The van der Waals surface area contributed by atoms with Gasteiger partial charge in [-0.05, 0) is 24.1 Å². The van der Waals surface area contributed by atoms with Crippen molar-refractivity contribution in [2.45, 2.75) is 12.8 Å². The number of methoxy groups -OCH3 is 1. The monoisotopic (exact) mass is 348 g/mol. The number of aryl methyl sites for hydroxylation is 1. The van der Waals surface area contributed by atoms with Gasteiger partial charge in [0.1, 0.15) is 18.1 Å². The van der Waals surface area contributed by atoms with Crippen LogP contribution in [0.3, 0.4) is 0 Å². The first kappa shape index (κ1) is 16.3. The number of thiazole rings is 1. The van der Waals surface area contributed by atoms with Crippen LogP contribution in [0, 0.1) is 0 Å². The molecule has 0 bridgehead atoms. The van der Waals surface area contributed by atoms with Gasteiger partial charge in [0.05, 0.1) is 13.3 Å². The molecule has 1 N–H and O–H groups in total. The number of ether oxygens (including phenoxy) is 3. The Kier molecular flexibility index (Phi) is 4.95. The lowest BCUT2D eigenvalue weighted by Gasteiger charge is -2.18. The van der Waals surface area contributed by atoms with Crippen LogP contribution in [0.4, 0.5) is 5.13 Å². The van der Waals surface area contributed by atoms with Gasteiger partial charge in [-0.3, -0.25) is 4.79 Å². The Balaban J connectivity index is 1.54. The van der Waals surface area contributed by atoms with Crippen molar-refractivity contribution in [1.82, 2.24) is 4.98 Å². The highest BCUT2D eigenvalue weighted by molar-refractivity contribution is 7.17. The summed E-state index contributed by atoms with van der Waals surface area (Å²) in [5.74, 6) is 0.800. The lowest BCUT2D eigenvalue weighted by atomic mass is 10.1. The van der Waals surface area contributed by atoms with Crippen LogP contribution < -0.4 is 14.8 Å². The minimum Gasteiger partial charge on any atom is -0.486 e. The predicted molar refractivity (Wildman–Crippen MR) is 87.8 cm³/mol. The predicted octanol–water partition coefficient (Wildman–Crippen LogP) is 2.27. The molecule has 0 atom stereocenters. The largest absolute Gasteiger partial charge is 0.486 e. The minimum absolute atomic E-state index is 0.171. The van der Waals surface area contributed by atoms with E-state index < -0.39 is 5.97 Å². The van der Waals surface area contributed by atoms with Gasteiger partial charge in [0.15, 0.2) is 16.6 Å². The Labute approximate surface area is 142 Å². The highest BCUT2D eigenvalue weighted by Gasteiger charge is 2.14. The molecule has 0 spiro atoms. The Morgan fingerprint density at radius 3 is 2.88 bits per heavy atom. The van der Waals surface area contributed by atoms with E-state index in [1.807, 2.05) is 18.2 Å². The van der Waals surface area contributed by atoms with Crippen LogP contribution in [0.1, 0.15) is 21.7 Å². The first-order chi connectivity index (χ1) is 11.7. The van der Waals surface area contributed by atoms with E-state index in [1.165, 1.54) is 13.3 Å². The van der Waals surface area contributed by atoms with Gasteiger partial charge in [0, 0.05) is 6.42 Å². The average Bonchev–Trinajstić information content (AvgIpc) is 3.07. The number of nitrogens with one attached hydrogen (secondary N) is 1. The van der Waals surface area contributed by atoms with Crippen LogP contribution in [0.5, 0.6) is 11.5 Å². The van der Waals surface area contributed by atoms with Crippen LogP contribution in [0.2, 0.25) is 0 Å². The molecule has 0 saturated heterocycles. The second-order valence-electron chi connectivity index (χ2n) is 5.05. The molecule has 0 unspecified atom stereocenters. The number of fused-ring (bicyclic) bond motifs is 1. The molecule has 1 aromatic carbocycles. The second kappa shape index (κ2) is 7.31. The Morgan fingerprint density at radius 2 is 2.08 bits per heavy atom. The topological polar surface area (TPSA) is 86.8 Å². The van der Waals surface area contributed by atoms with Gasteiger partial charge in [0.25, 0.3) is 0 Å². The third-order valence-corrected chi connectivity index (χ3v) is 4.28. The zero-order chi connectivity index (χ0) is 16.9. The molecule has 0 radical (unpaired) electrons. The summed E-state index contributed by atoms with van der Waals surface area (Å²) >= 11 is 1.08. The SMILES string of the molecule is COC(=O)c1cnc(NC(=O)CCc2ccc3c(c2)OCCO3)s1. The van der Waals surface area contributed by atoms with E-state index in [4.69, 9.17) is 9.47 Å². The third kappa shape index (κ3) is 3.83. The smallest absolute Gasteiger partial charge is 0.349 e. The van der Waals surface area contributed by atoms with Gasteiger partial charge >= 0.3 is 5.97 Å². The quantitative estimate of drug-likeness (QED) is 0.834. The summed E-state index contributed by atoms with van der Waals surface area (Å²) < 4.78 is 15.6. The van der Waals surface area contributed by atoms with Crippen molar-refractivity contribution < 1.29 is 23.8 Å². The van der Waals surface area contributed by atoms with Gasteiger partial charge in [-0.15, -0.1) is 0 Å². The molecule has 1 amide bonds. The van der Waals surface area contributed by atoms with Crippen LogP contribution >= 0.6 is 11.3 Å². The van der Waals surface area contributed by atoms with Crippen molar-refractivity contribution >= 4 is 28.3 Å². The summed E-state index contributed by atoms with van der Waals surface area (Å²) in [6.07, 6.45) is 2.25. The minimum atomic E-state index is -0.468. The Hall–Kier alpha value is -2.61. The van der Waals surface area contributed by atoms with Crippen molar-refractivity contribution in [3.05, 3.63) is 34.8 Å². The van der Waals surface area contributed by atoms with Gasteiger partial charge in [0.2, 0.25) is 5.91 Å². The fourth-order valence-electron chi connectivity index (χ4n) is 2.21. The molecule has 0 saturated carbocycles. The zero-order valence-electron chi connectivity index (χ0n) is 13.0. The van der Waals surface area contributed by atoms with Crippen LogP contribution in [-0.2, 0) is 16.0 Å². The number of esters is 1. The molecular weight excluding hydrogens is 332 g/mol. The first-order valence-electron chi connectivity index (χ1n) is 7.38. The van der Waals surface area contributed by atoms with Gasteiger partial charge in [-0.2, -0.15) is 0 Å². The molecule has 2 heterocycles. The molecule has 1 aliphatic heterocycles. The summed E-state index contributed by atoms with van der Waals surface area (Å²) in [6, 6.07) is 5.66. The number of hydrogen-bond donors (Lipinski definition) is 1. The number of anilines is 1. The molecular formula is C16H16N2O5S. The molecule has 1 aromatic heterocycles. The summed E-state index contributed by atoms with van der Waals surface area (Å²) in [5.41, 5.74) is 0.990. The van der Waals surface area contributed by atoms with E-state index in [-0.39, 0.29) is 5.91 Å². The number of carbonyl (C=O) groups is 2. The fraction of sp³-hybridized carbons (Fsp3) is 0.312. The summed E-state index contributed by atoms with van der Waals surface area (Å²) in [6.45, 7) is 1.08. The van der Waals surface area contributed by atoms with Gasteiger partial charge < -0.3 is 19.5 Å². The number of nitrogens with zero attached hydrogens (tertiary/aromatic N) is 1. The standard InChI is InChI=1S/C16H16N2O5S/c1-21-15(20)13-9-17-16(24-13)18-14(19)5-3-10-2-4-11-12(8-10)23-7-6-22-11/h2,4,8-9H,3,5-7H2,1H3,(H,17,18,19). The van der Waals surface area contributed by atoms with Crippen molar-refractivity contribution in [2.24, 2.45) is 0 Å². The average molecular weight is 348 g/mol. The summed E-state index contributed by atoms with van der Waals surface area (Å²) in [7, 11) is 1.30. The van der Waals surface area contributed by atoms with Crippen molar-refractivity contribution in [2.75, 3.05) is 25.6 Å². The van der Waals surface area contributed by atoms with E-state index in [0.717, 1.165) is 22.6 Å². The van der Waals surface area contributed by atoms with E-state index in [0.29, 0.717) is 41.8 Å². The number of rotatable bonds is 5. The van der Waals surface area contributed by atoms with E-state index in [9.17, 15) is 9.59 Å². The molecule has 8 heteroatoms. The number of benzene rings is 1. The molecule has 1 aliphatic rings. The maximum absolute atomic E-state index is 12.0. The highest BCUT2D eigenvalue weighted by Crippen LogP contribution is 2.31. The fourth-order valence-corrected chi connectivity index (χ4v) is 2.96. The second-order valence-corrected chi connectivity index (χ2v) is 6.08. The lowest BCUT2D eigenvalue weighted by molar-refractivity contribution is -0.116. The number of hydrogen-bond acceptors (Lipinski definition) is 7. The molecule has 3 rings (SSSR count). The lowest BCUT2D eigenvalue weighted by Crippen LogP contribution is -2.15. The van der Waals surface area contributed by atoms with E-state index in [1.54, 1.807) is 0 Å². The number of amides is 1. The van der Waals surface area contributed by atoms with E-state index in [2.05, 4.69) is 15.0 Å². The zero-order valence-corrected chi connectivity index (χ0v) is 13.9. The summed E-state index contributed by atoms with van der Waals surface area (Å²) in [5, 5.41) is 3.06. The third-order valence-electron chi connectivity index (χ3n) is 3.39. The van der Waals surface area contributed by atoms with Crippen LogP contribution in [0.15, 0.2) is 24.4 Å². The number of aromatic nitrogens is 1. The summed E-state index contributed by atoms with van der Waals surface area (Å²) in [4.78, 5) is 27.7. The van der Waals surface area contributed by atoms with Gasteiger partial charge in [-0.25, -0.2) is 9.78 Å². The van der Waals surface area contributed by atoms with E-state index >= 15 is 0 Å². The highest BCUT2D eigenvalue weighted by atomic mass is 32.1. The van der Waals surface area contributed by atoms with Crippen LogP contribution in [-0.4, -0.2) is 37.2 Å². The van der Waals surface area contributed by atoms with Crippen molar-refractivity contribution in [3.8, 4) is 11.5 Å². The molecule has 2 aromatic rings. The number of carbonyl (C=O) groups excluding carboxylic acids is 2. The maximum Gasteiger partial charge on any atom is 0.349 e. The molecule has 0 fully saturated rings. The molecule has 7 nitrogen and oxygen atoms in total. The van der Waals surface area contributed by atoms with Crippen molar-refractivity contribution in [3.63, 3.8) is 0 Å².